The lowest BCUT2D eigenvalue weighted by atomic mass is 10.1. The SMILES string of the molecule is O=C(O)C1CCN(C(=O)Nc2cccc3c2OCCO3)C1. The molecule has 1 unspecified atom stereocenters. The number of hydrogen-bond donors (Lipinski definition) is 2. The summed E-state index contributed by atoms with van der Waals surface area (Å²) in [6.45, 7) is 1.59. The van der Waals surface area contributed by atoms with Crippen molar-refractivity contribution >= 4 is 17.7 Å². The van der Waals surface area contributed by atoms with Gasteiger partial charge in [-0.15, -0.1) is 0 Å². The molecule has 2 aliphatic heterocycles. The first-order valence-electron chi connectivity index (χ1n) is 6.82. The maximum absolute atomic E-state index is 12.2. The summed E-state index contributed by atoms with van der Waals surface area (Å²) in [5, 5.41) is 11.7. The first kappa shape index (κ1) is 13.5. The summed E-state index contributed by atoms with van der Waals surface area (Å²) in [4.78, 5) is 24.6. The van der Waals surface area contributed by atoms with Gasteiger partial charge in [0.1, 0.15) is 13.2 Å². The number of aliphatic carboxylic acids is 1. The predicted octanol–water partition coefficient (Wildman–Crippen LogP) is 1.40. The van der Waals surface area contributed by atoms with Crippen LogP contribution in [-0.2, 0) is 4.79 Å². The molecule has 1 fully saturated rings. The molecule has 7 heteroatoms. The fourth-order valence-electron chi connectivity index (χ4n) is 2.51. The van der Waals surface area contributed by atoms with Crippen LogP contribution in [0.4, 0.5) is 10.5 Å². The average molecular weight is 292 g/mol. The van der Waals surface area contributed by atoms with E-state index in [4.69, 9.17) is 14.6 Å². The fraction of sp³-hybridized carbons (Fsp3) is 0.429. The fourth-order valence-corrected chi connectivity index (χ4v) is 2.51. The van der Waals surface area contributed by atoms with Gasteiger partial charge in [0.05, 0.1) is 11.6 Å². The number of urea groups is 1. The quantitative estimate of drug-likeness (QED) is 0.860. The number of nitrogens with one attached hydrogen (secondary N) is 1. The molecule has 0 spiro atoms. The van der Waals surface area contributed by atoms with Crippen molar-refractivity contribution in [3.8, 4) is 11.5 Å². The largest absolute Gasteiger partial charge is 0.486 e. The minimum atomic E-state index is -0.862. The Hall–Kier alpha value is -2.44. The molecule has 3 rings (SSSR count). The molecule has 1 atom stereocenters. The molecule has 1 aromatic carbocycles. The minimum absolute atomic E-state index is 0.230. The van der Waals surface area contributed by atoms with Gasteiger partial charge in [0, 0.05) is 13.1 Å². The Morgan fingerprint density at radius 1 is 1.29 bits per heavy atom. The lowest BCUT2D eigenvalue weighted by Gasteiger charge is -2.22. The number of ether oxygens (including phenoxy) is 2. The lowest BCUT2D eigenvalue weighted by molar-refractivity contribution is -0.141. The monoisotopic (exact) mass is 292 g/mol. The number of carbonyl (C=O) groups is 2. The van der Waals surface area contributed by atoms with Gasteiger partial charge in [0.25, 0.3) is 0 Å². The van der Waals surface area contributed by atoms with E-state index in [0.29, 0.717) is 43.4 Å². The second-order valence-corrected chi connectivity index (χ2v) is 5.03. The second-order valence-electron chi connectivity index (χ2n) is 5.03. The summed E-state index contributed by atoms with van der Waals surface area (Å²) >= 11 is 0. The third-order valence-corrected chi connectivity index (χ3v) is 3.63. The molecule has 2 aliphatic rings. The number of hydrogen-bond acceptors (Lipinski definition) is 4. The summed E-state index contributed by atoms with van der Waals surface area (Å²) in [6, 6.07) is 4.96. The van der Waals surface area contributed by atoms with Crippen LogP contribution in [0.15, 0.2) is 18.2 Å². The molecule has 2 amide bonds. The van der Waals surface area contributed by atoms with E-state index >= 15 is 0 Å². The Bertz CT molecular complexity index is 574. The van der Waals surface area contributed by atoms with Gasteiger partial charge in [-0.2, -0.15) is 0 Å². The average Bonchev–Trinajstić information content (AvgIpc) is 2.98. The Balaban J connectivity index is 1.70. The number of likely N-dealkylation sites (tertiary alicyclic amines) is 1. The highest BCUT2D eigenvalue weighted by atomic mass is 16.6. The van der Waals surface area contributed by atoms with Crippen molar-refractivity contribution in [1.82, 2.24) is 4.90 Å². The maximum atomic E-state index is 12.2. The van der Waals surface area contributed by atoms with Crippen LogP contribution in [0.25, 0.3) is 0 Å². The highest BCUT2D eigenvalue weighted by Crippen LogP contribution is 2.37. The Morgan fingerprint density at radius 3 is 2.86 bits per heavy atom. The van der Waals surface area contributed by atoms with E-state index in [2.05, 4.69) is 5.32 Å². The molecule has 112 valence electrons. The van der Waals surface area contributed by atoms with E-state index in [1.54, 1.807) is 18.2 Å². The second kappa shape index (κ2) is 5.51. The molecule has 0 aromatic heterocycles. The smallest absolute Gasteiger partial charge is 0.321 e. The van der Waals surface area contributed by atoms with Gasteiger partial charge in [0.15, 0.2) is 11.5 Å². The van der Waals surface area contributed by atoms with E-state index in [0.717, 1.165) is 0 Å². The number of carboxylic acid groups (broad SMARTS) is 1. The van der Waals surface area contributed by atoms with Crippen molar-refractivity contribution in [2.75, 3.05) is 31.6 Å². The number of nitrogens with zero attached hydrogens (tertiary/aromatic N) is 1. The predicted molar refractivity (Wildman–Crippen MR) is 73.8 cm³/mol. The van der Waals surface area contributed by atoms with E-state index in [1.807, 2.05) is 0 Å². The number of rotatable bonds is 2. The van der Waals surface area contributed by atoms with Gasteiger partial charge in [-0.1, -0.05) is 6.07 Å². The zero-order valence-electron chi connectivity index (χ0n) is 11.4. The normalized spacial score (nSPS) is 20.2. The van der Waals surface area contributed by atoms with Crippen LogP contribution in [0.3, 0.4) is 0 Å². The van der Waals surface area contributed by atoms with Crippen LogP contribution in [-0.4, -0.2) is 48.3 Å². The van der Waals surface area contributed by atoms with Gasteiger partial charge >= 0.3 is 12.0 Å². The first-order chi connectivity index (χ1) is 10.1. The van der Waals surface area contributed by atoms with Crippen molar-refractivity contribution in [2.24, 2.45) is 5.92 Å². The highest BCUT2D eigenvalue weighted by molar-refractivity contribution is 5.92. The first-order valence-corrected chi connectivity index (χ1v) is 6.82. The topological polar surface area (TPSA) is 88.1 Å². The van der Waals surface area contributed by atoms with Crippen molar-refractivity contribution < 1.29 is 24.2 Å². The van der Waals surface area contributed by atoms with Crippen LogP contribution in [0.1, 0.15) is 6.42 Å². The number of anilines is 1. The van der Waals surface area contributed by atoms with E-state index in [-0.39, 0.29) is 12.6 Å². The molecule has 0 bridgehead atoms. The zero-order chi connectivity index (χ0) is 14.8. The van der Waals surface area contributed by atoms with Gasteiger partial charge in [-0.25, -0.2) is 4.79 Å². The van der Waals surface area contributed by atoms with Crippen LogP contribution in [0.5, 0.6) is 11.5 Å². The van der Waals surface area contributed by atoms with Crippen molar-refractivity contribution in [2.45, 2.75) is 6.42 Å². The third kappa shape index (κ3) is 2.72. The summed E-state index contributed by atoms with van der Waals surface area (Å²) in [6.07, 6.45) is 0.481. The number of fused-ring (bicyclic) bond motifs is 1. The Kier molecular flexibility index (Phi) is 3.55. The maximum Gasteiger partial charge on any atom is 0.321 e. The van der Waals surface area contributed by atoms with Crippen LogP contribution in [0, 0.1) is 5.92 Å². The summed E-state index contributed by atoms with van der Waals surface area (Å²) in [5.74, 6) is -0.228. The van der Waals surface area contributed by atoms with Gasteiger partial charge in [-0.3, -0.25) is 4.79 Å². The molecule has 2 N–H and O–H groups in total. The number of carbonyl (C=O) groups excluding carboxylic acids is 1. The molecule has 2 heterocycles. The number of para-hydroxylation sites is 1. The van der Waals surface area contributed by atoms with Crippen molar-refractivity contribution in [1.29, 1.82) is 0 Å². The number of benzene rings is 1. The van der Waals surface area contributed by atoms with Crippen LogP contribution in [0.2, 0.25) is 0 Å². The molecule has 1 aromatic rings. The lowest BCUT2D eigenvalue weighted by Crippen LogP contribution is -2.34. The Labute approximate surface area is 121 Å². The van der Waals surface area contributed by atoms with E-state index in [1.165, 1.54) is 4.90 Å². The summed E-state index contributed by atoms with van der Waals surface area (Å²) < 4.78 is 11.0. The van der Waals surface area contributed by atoms with E-state index < -0.39 is 11.9 Å². The van der Waals surface area contributed by atoms with Gasteiger partial charge < -0.3 is 24.8 Å². The molecule has 0 radical (unpaired) electrons. The minimum Gasteiger partial charge on any atom is -0.486 e. The Morgan fingerprint density at radius 2 is 2.10 bits per heavy atom. The summed E-state index contributed by atoms with van der Waals surface area (Å²) in [5.41, 5.74) is 0.538. The highest BCUT2D eigenvalue weighted by Gasteiger charge is 2.31. The van der Waals surface area contributed by atoms with Crippen molar-refractivity contribution in [3.05, 3.63) is 18.2 Å². The molecule has 7 nitrogen and oxygen atoms in total. The van der Waals surface area contributed by atoms with Gasteiger partial charge in [-0.05, 0) is 18.6 Å². The molecule has 1 saturated heterocycles. The van der Waals surface area contributed by atoms with Crippen LogP contribution >= 0.6 is 0 Å². The number of carboxylic acids is 1. The molecule has 0 aliphatic carbocycles. The van der Waals surface area contributed by atoms with Gasteiger partial charge in [0.2, 0.25) is 0 Å². The molecule has 0 saturated carbocycles. The summed E-state index contributed by atoms with van der Waals surface area (Å²) in [7, 11) is 0. The van der Waals surface area contributed by atoms with Crippen LogP contribution < -0.4 is 14.8 Å². The molecular formula is C14H16N2O5. The molecular weight excluding hydrogens is 276 g/mol. The third-order valence-electron chi connectivity index (χ3n) is 3.63. The van der Waals surface area contributed by atoms with Crippen molar-refractivity contribution in [3.63, 3.8) is 0 Å². The molecule has 21 heavy (non-hydrogen) atoms. The number of amides is 2. The zero-order valence-corrected chi connectivity index (χ0v) is 11.4. The van der Waals surface area contributed by atoms with E-state index in [9.17, 15) is 9.59 Å². The standard InChI is InChI=1S/C14H16N2O5/c17-13(18)9-4-5-16(8-9)14(19)15-10-2-1-3-11-12(10)21-7-6-20-11/h1-3,9H,4-8H2,(H,15,19)(H,17,18).